The lowest BCUT2D eigenvalue weighted by atomic mass is 10.1. The molecule has 0 heterocycles. The number of guanidine groups is 1. The summed E-state index contributed by atoms with van der Waals surface area (Å²) in [4.78, 5) is 4.55. The van der Waals surface area contributed by atoms with E-state index >= 15 is 0 Å². The molecule has 5 nitrogen and oxygen atoms in total. The average molecular weight is 301 g/mol. The Kier molecular flexibility index (Phi) is 15.0. The Labute approximate surface area is 130 Å². The first kappa shape index (κ1) is 20.2. The van der Waals surface area contributed by atoms with Crippen molar-refractivity contribution in [3.63, 3.8) is 0 Å². The predicted molar refractivity (Wildman–Crippen MR) is 90.0 cm³/mol. The van der Waals surface area contributed by atoms with E-state index in [0.717, 1.165) is 44.5 Å². The van der Waals surface area contributed by atoms with E-state index in [0.29, 0.717) is 13.2 Å². The molecular weight excluding hydrogens is 266 g/mol. The highest BCUT2D eigenvalue weighted by Crippen LogP contribution is 2.04. The molecule has 0 aromatic rings. The zero-order valence-corrected chi connectivity index (χ0v) is 14.4. The monoisotopic (exact) mass is 301 g/mol. The number of hydrogen-bond donors (Lipinski definition) is 2. The van der Waals surface area contributed by atoms with Crippen LogP contribution in [0.15, 0.2) is 4.99 Å². The van der Waals surface area contributed by atoms with Crippen LogP contribution in [0.5, 0.6) is 0 Å². The molecule has 21 heavy (non-hydrogen) atoms. The minimum atomic E-state index is 0.657. The normalized spacial score (nSPS) is 12.0. The Bertz CT molecular complexity index is 246. The summed E-state index contributed by atoms with van der Waals surface area (Å²) in [7, 11) is 1.68. The second-order valence-electron chi connectivity index (χ2n) is 5.54. The fourth-order valence-corrected chi connectivity index (χ4v) is 1.83. The van der Waals surface area contributed by atoms with E-state index < -0.39 is 0 Å². The minimum Gasteiger partial charge on any atom is -0.382 e. The third-order valence-electron chi connectivity index (χ3n) is 2.99. The summed E-state index contributed by atoms with van der Waals surface area (Å²) in [5.41, 5.74) is 0. The molecule has 0 radical (unpaired) electrons. The van der Waals surface area contributed by atoms with Crippen molar-refractivity contribution in [1.29, 1.82) is 0 Å². The molecule has 126 valence electrons. The van der Waals surface area contributed by atoms with Gasteiger partial charge in [-0.3, -0.25) is 4.99 Å². The molecule has 0 atom stereocenters. The fraction of sp³-hybridized carbons (Fsp3) is 0.938. The van der Waals surface area contributed by atoms with Gasteiger partial charge in [0.2, 0.25) is 0 Å². The molecular formula is C16H35N3O2. The molecule has 0 aliphatic rings. The SMILES string of the molecule is CCNC(=NCCCOCCOC)NCCCCC(C)C. The smallest absolute Gasteiger partial charge is 0.191 e. The molecule has 0 fully saturated rings. The Morgan fingerprint density at radius 2 is 1.86 bits per heavy atom. The van der Waals surface area contributed by atoms with Gasteiger partial charge in [-0.25, -0.2) is 0 Å². The van der Waals surface area contributed by atoms with E-state index in [1.54, 1.807) is 7.11 Å². The van der Waals surface area contributed by atoms with Crippen LogP contribution in [-0.2, 0) is 9.47 Å². The topological polar surface area (TPSA) is 54.9 Å². The van der Waals surface area contributed by atoms with Crippen molar-refractivity contribution in [1.82, 2.24) is 10.6 Å². The van der Waals surface area contributed by atoms with Crippen molar-refractivity contribution < 1.29 is 9.47 Å². The lowest BCUT2D eigenvalue weighted by Crippen LogP contribution is -2.37. The van der Waals surface area contributed by atoms with Gasteiger partial charge in [0.1, 0.15) is 0 Å². The van der Waals surface area contributed by atoms with Crippen molar-refractivity contribution in [2.45, 2.75) is 46.5 Å². The van der Waals surface area contributed by atoms with Crippen LogP contribution in [0.2, 0.25) is 0 Å². The van der Waals surface area contributed by atoms with E-state index in [2.05, 4.69) is 36.4 Å². The van der Waals surface area contributed by atoms with E-state index in [1.165, 1.54) is 19.3 Å². The first-order chi connectivity index (χ1) is 10.2. The van der Waals surface area contributed by atoms with E-state index in [1.807, 2.05) is 0 Å². The van der Waals surface area contributed by atoms with Crippen LogP contribution in [0.1, 0.15) is 46.5 Å². The molecule has 0 aromatic carbocycles. The molecule has 0 spiro atoms. The zero-order valence-electron chi connectivity index (χ0n) is 14.4. The number of ether oxygens (including phenoxy) is 2. The number of nitrogens with zero attached hydrogens (tertiary/aromatic N) is 1. The fourth-order valence-electron chi connectivity index (χ4n) is 1.83. The molecule has 0 amide bonds. The van der Waals surface area contributed by atoms with Gasteiger partial charge in [-0.1, -0.05) is 26.7 Å². The van der Waals surface area contributed by atoms with Gasteiger partial charge in [0.25, 0.3) is 0 Å². The summed E-state index contributed by atoms with van der Waals surface area (Å²) in [6.07, 6.45) is 4.71. The standard InChI is InChI=1S/C16H35N3O2/c1-5-17-16(18-10-7-6-9-15(2)3)19-11-8-12-21-14-13-20-4/h15H,5-14H2,1-4H3,(H2,17,18,19). The summed E-state index contributed by atoms with van der Waals surface area (Å²) >= 11 is 0. The Balaban J connectivity index is 3.65. The number of methoxy groups -OCH3 is 1. The number of hydrogen-bond acceptors (Lipinski definition) is 3. The number of aliphatic imine (C=N–C) groups is 1. The van der Waals surface area contributed by atoms with E-state index in [-0.39, 0.29) is 0 Å². The number of unbranched alkanes of at least 4 members (excludes halogenated alkanes) is 1. The molecule has 0 aliphatic carbocycles. The maximum Gasteiger partial charge on any atom is 0.191 e. The second-order valence-corrected chi connectivity index (χ2v) is 5.54. The van der Waals surface area contributed by atoms with Crippen LogP contribution < -0.4 is 10.6 Å². The van der Waals surface area contributed by atoms with Crippen molar-refractivity contribution in [3.8, 4) is 0 Å². The van der Waals surface area contributed by atoms with Gasteiger partial charge in [0.05, 0.1) is 13.2 Å². The summed E-state index contributed by atoms with van der Waals surface area (Å²) in [6, 6.07) is 0. The lowest BCUT2D eigenvalue weighted by molar-refractivity contribution is 0.0702. The van der Waals surface area contributed by atoms with Crippen molar-refractivity contribution in [2.24, 2.45) is 10.9 Å². The lowest BCUT2D eigenvalue weighted by Gasteiger charge is -2.11. The molecule has 0 saturated carbocycles. The summed E-state index contributed by atoms with van der Waals surface area (Å²) in [5, 5.41) is 6.66. The quantitative estimate of drug-likeness (QED) is 0.312. The maximum absolute atomic E-state index is 5.42. The van der Waals surface area contributed by atoms with E-state index in [9.17, 15) is 0 Å². The van der Waals surface area contributed by atoms with Crippen LogP contribution >= 0.6 is 0 Å². The van der Waals surface area contributed by atoms with Crippen LogP contribution in [-0.4, -0.2) is 52.5 Å². The highest BCUT2D eigenvalue weighted by atomic mass is 16.5. The van der Waals surface area contributed by atoms with Gasteiger partial charge in [0, 0.05) is 33.4 Å². The van der Waals surface area contributed by atoms with Crippen LogP contribution in [0, 0.1) is 5.92 Å². The summed E-state index contributed by atoms with van der Waals surface area (Å²) < 4.78 is 10.3. The van der Waals surface area contributed by atoms with E-state index in [4.69, 9.17) is 9.47 Å². The average Bonchev–Trinajstić information content (AvgIpc) is 2.45. The Morgan fingerprint density at radius 1 is 1.05 bits per heavy atom. The maximum atomic E-state index is 5.42. The zero-order chi connectivity index (χ0) is 15.8. The van der Waals surface area contributed by atoms with Crippen molar-refractivity contribution in [3.05, 3.63) is 0 Å². The largest absolute Gasteiger partial charge is 0.382 e. The van der Waals surface area contributed by atoms with Crippen LogP contribution in [0.4, 0.5) is 0 Å². The molecule has 0 saturated heterocycles. The second kappa shape index (κ2) is 15.6. The summed E-state index contributed by atoms with van der Waals surface area (Å²) in [6.45, 7) is 11.4. The molecule has 2 N–H and O–H groups in total. The first-order valence-electron chi connectivity index (χ1n) is 8.29. The minimum absolute atomic E-state index is 0.657. The highest BCUT2D eigenvalue weighted by molar-refractivity contribution is 5.79. The molecule has 5 heteroatoms. The van der Waals surface area contributed by atoms with Gasteiger partial charge in [-0.05, 0) is 25.7 Å². The molecule has 0 aromatic heterocycles. The van der Waals surface area contributed by atoms with Gasteiger partial charge < -0.3 is 20.1 Å². The molecule has 0 rings (SSSR count). The van der Waals surface area contributed by atoms with Gasteiger partial charge in [-0.15, -0.1) is 0 Å². The summed E-state index contributed by atoms with van der Waals surface area (Å²) in [5.74, 6) is 1.71. The Hall–Kier alpha value is -0.810. The molecule has 0 aliphatic heterocycles. The molecule has 0 bridgehead atoms. The highest BCUT2D eigenvalue weighted by Gasteiger charge is 1.98. The predicted octanol–water partition coefficient (Wildman–Crippen LogP) is 2.42. The third-order valence-corrected chi connectivity index (χ3v) is 2.99. The van der Waals surface area contributed by atoms with Crippen LogP contribution in [0.25, 0.3) is 0 Å². The Morgan fingerprint density at radius 3 is 2.52 bits per heavy atom. The van der Waals surface area contributed by atoms with Crippen molar-refractivity contribution in [2.75, 3.05) is 46.6 Å². The van der Waals surface area contributed by atoms with Gasteiger partial charge >= 0.3 is 0 Å². The third kappa shape index (κ3) is 15.4. The van der Waals surface area contributed by atoms with Gasteiger partial charge in [-0.2, -0.15) is 0 Å². The van der Waals surface area contributed by atoms with Gasteiger partial charge in [0.15, 0.2) is 5.96 Å². The number of nitrogens with one attached hydrogen (secondary N) is 2. The first-order valence-corrected chi connectivity index (χ1v) is 8.29. The number of rotatable bonds is 13. The van der Waals surface area contributed by atoms with Crippen LogP contribution in [0.3, 0.4) is 0 Å². The van der Waals surface area contributed by atoms with Crippen molar-refractivity contribution >= 4 is 5.96 Å². The molecule has 0 unspecified atom stereocenters.